The van der Waals surface area contributed by atoms with Gasteiger partial charge in [0.05, 0.1) is 0 Å². The Morgan fingerprint density at radius 3 is 1.69 bits per heavy atom. The first-order valence-corrected chi connectivity index (χ1v) is 11.3. The molecule has 3 aromatic heterocycles. The standard InChI is InChI=1S/C9H13N3O2.C7H11N3O.C7H10N2O2/c1-6(2)12-5-4-8(10-7(3)13)11-9(12)14;1-5(2)10-4-3-6(8)9-7(10)11;1-5(2)9-4-3-6(10)8-7(9)11/h4-6H,1-3H3,(H,10,11,13,14);3-5H,1-2H3,(H2,8,9,11);3-5H,1-2H3,(H,8,10,11). The summed E-state index contributed by atoms with van der Waals surface area (Å²) in [5, 5.41) is 2.45. The fraction of sp³-hybridized carbons (Fsp3) is 0.435. The maximum Gasteiger partial charge on any atom is 0.349 e. The molecule has 0 aliphatic carbocycles. The van der Waals surface area contributed by atoms with E-state index in [2.05, 4.69) is 20.3 Å². The molecule has 3 heterocycles. The van der Waals surface area contributed by atoms with Gasteiger partial charge in [-0.1, -0.05) is 0 Å². The average Bonchev–Trinajstić information content (AvgIpc) is 2.73. The Kier molecular flexibility index (Phi) is 11.2. The lowest BCUT2D eigenvalue weighted by Gasteiger charge is -2.08. The third-order valence-electron chi connectivity index (χ3n) is 4.51. The number of nitrogens with one attached hydrogen (secondary N) is 2. The van der Waals surface area contributed by atoms with Crippen molar-refractivity contribution in [2.24, 2.45) is 0 Å². The van der Waals surface area contributed by atoms with Gasteiger partial charge in [0.25, 0.3) is 5.56 Å². The van der Waals surface area contributed by atoms with Crippen molar-refractivity contribution in [1.82, 2.24) is 28.7 Å². The van der Waals surface area contributed by atoms with Crippen molar-refractivity contribution in [2.45, 2.75) is 66.6 Å². The van der Waals surface area contributed by atoms with E-state index in [-0.39, 0.29) is 52.5 Å². The molecule has 0 aliphatic rings. The Balaban J connectivity index is 0.000000273. The first-order chi connectivity index (χ1) is 16.7. The highest BCUT2D eigenvalue weighted by molar-refractivity contribution is 5.87. The summed E-state index contributed by atoms with van der Waals surface area (Å²) in [5.74, 6) is 0.325. The molecule has 13 heteroatoms. The van der Waals surface area contributed by atoms with Gasteiger partial charge in [0, 0.05) is 49.7 Å². The summed E-state index contributed by atoms with van der Waals surface area (Å²) in [7, 11) is 0. The zero-order chi connectivity index (χ0) is 27.6. The van der Waals surface area contributed by atoms with Crippen molar-refractivity contribution in [3.63, 3.8) is 0 Å². The Morgan fingerprint density at radius 2 is 1.28 bits per heavy atom. The third-order valence-corrected chi connectivity index (χ3v) is 4.51. The van der Waals surface area contributed by atoms with Crippen LogP contribution in [0.1, 0.15) is 66.6 Å². The van der Waals surface area contributed by atoms with E-state index in [1.54, 1.807) is 24.5 Å². The highest BCUT2D eigenvalue weighted by Crippen LogP contribution is 2.02. The molecule has 3 rings (SSSR count). The number of rotatable bonds is 4. The van der Waals surface area contributed by atoms with Crippen molar-refractivity contribution in [1.29, 1.82) is 0 Å². The molecule has 196 valence electrons. The van der Waals surface area contributed by atoms with Crippen LogP contribution < -0.4 is 33.7 Å². The third kappa shape index (κ3) is 9.52. The van der Waals surface area contributed by atoms with Crippen LogP contribution in [-0.2, 0) is 4.79 Å². The van der Waals surface area contributed by atoms with Crippen LogP contribution in [0.15, 0.2) is 56.0 Å². The number of aromatic nitrogens is 6. The van der Waals surface area contributed by atoms with Gasteiger partial charge in [-0.15, -0.1) is 0 Å². The van der Waals surface area contributed by atoms with Crippen LogP contribution in [0, 0.1) is 0 Å². The van der Waals surface area contributed by atoms with Gasteiger partial charge in [-0.25, -0.2) is 14.4 Å². The van der Waals surface area contributed by atoms with E-state index in [0.29, 0.717) is 5.82 Å². The van der Waals surface area contributed by atoms with E-state index < -0.39 is 0 Å². The molecule has 0 saturated carbocycles. The van der Waals surface area contributed by atoms with Crippen molar-refractivity contribution >= 4 is 17.5 Å². The largest absolute Gasteiger partial charge is 0.383 e. The van der Waals surface area contributed by atoms with Gasteiger partial charge in [0.2, 0.25) is 5.91 Å². The predicted molar refractivity (Wildman–Crippen MR) is 138 cm³/mol. The number of anilines is 2. The van der Waals surface area contributed by atoms with E-state index >= 15 is 0 Å². The topological polar surface area (TPSA) is 180 Å². The fourth-order valence-electron chi connectivity index (χ4n) is 2.71. The molecule has 0 fully saturated rings. The van der Waals surface area contributed by atoms with Gasteiger partial charge in [0.15, 0.2) is 0 Å². The van der Waals surface area contributed by atoms with Crippen LogP contribution in [0.2, 0.25) is 0 Å². The fourth-order valence-corrected chi connectivity index (χ4v) is 2.71. The molecule has 0 saturated heterocycles. The van der Waals surface area contributed by atoms with E-state index in [0.717, 1.165) is 0 Å². The molecule has 0 atom stereocenters. The number of aromatic amines is 1. The SMILES string of the molecule is CC(=O)Nc1ccn(C(C)C)c(=O)n1.CC(C)n1ccc(=O)[nH]c1=O.CC(C)n1ccc(N)nc1=O. The molecular formula is C23H34N8O5. The zero-order valence-corrected chi connectivity index (χ0v) is 21.6. The van der Waals surface area contributed by atoms with Crippen LogP contribution in [0.25, 0.3) is 0 Å². The molecule has 0 aromatic carbocycles. The second kappa shape index (κ2) is 13.6. The predicted octanol–water partition coefficient (Wildman–Crippen LogP) is 1.31. The molecule has 0 aliphatic heterocycles. The van der Waals surface area contributed by atoms with E-state index in [9.17, 15) is 24.0 Å². The van der Waals surface area contributed by atoms with Crippen LogP contribution in [-0.4, -0.2) is 34.6 Å². The molecule has 13 nitrogen and oxygen atoms in total. The number of nitrogens with zero attached hydrogens (tertiary/aromatic N) is 5. The highest BCUT2D eigenvalue weighted by atomic mass is 16.2. The maximum absolute atomic E-state index is 11.4. The Labute approximate surface area is 207 Å². The molecule has 0 radical (unpaired) electrons. The monoisotopic (exact) mass is 502 g/mol. The van der Waals surface area contributed by atoms with Crippen molar-refractivity contribution < 1.29 is 4.79 Å². The number of amides is 1. The van der Waals surface area contributed by atoms with E-state index in [4.69, 9.17) is 5.73 Å². The molecule has 36 heavy (non-hydrogen) atoms. The lowest BCUT2D eigenvalue weighted by Crippen LogP contribution is -2.29. The second-order valence-corrected chi connectivity index (χ2v) is 8.52. The minimum atomic E-state index is -0.355. The number of hydrogen-bond acceptors (Lipinski definition) is 8. The Hall–Kier alpha value is -4.29. The van der Waals surface area contributed by atoms with Crippen LogP contribution >= 0.6 is 0 Å². The Morgan fingerprint density at radius 1 is 0.806 bits per heavy atom. The summed E-state index contributed by atoms with van der Waals surface area (Å²) in [6.45, 7) is 12.7. The van der Waals surface area contributed by atoms with Crippen molar-refractivity contribution in [3.05, 3.63) is 78.6 Å². The molecule has 0 bridgehead atoms. The summed E-state index contributed by atoms with van der Waals surface area (Å²) in [6.07, 6.45) is 4.76. The number of hydrogen-bond donors (Lipinski definition) is 3. The highest BCUT2D eigenvalue weighted by Gasteiger charge is 2.04. The van der Waals surface area contributed by atoms with Gasteiger partial charge in [0.1, 0.15) is 11.6 Å². The zero-order valence-electron chi connectivity index (χ0n) is 21.6. The molecule has 1 amide bonds. The van der Waals surface area contributed by atoms with Gasteiger partial charge in [-0.05, 0) is 53.7 Å². The summed E-state index contributed by atoms with van der Waals surface area (Å²) in [6, 6.07) is 4.84. The quantitative estimate of drug-likeness (QED) is 0.477. The van der Waals surface area contributed by atoms with Gasteiger partial charge in [-0.3, -0.25) is 28.3 Å². The summed E-state index contributed by atoms with van der Waals surface area (Å²) in [4.78, 5) is 64.1. The van der Waals surface area contributed by atoms with Crippen LogP contribution in [0.3, 0.4) is 0 Å². The first kappa shape index (κ1) is 29.7. The number of carbonyl (C=O) groups excluding carboxylic acids is 1. The van der Waals surface area contributed by atoms with Crippen LogP contribution in [0.4, 0.5) is 11.6 Å². The molecule has 4 N–H and O–H groups in total. The smallest absolute Gasteiger partial charge is 0.349 e. The summed E-state index contributed by atoms with van der Waals surface area (Å²) >= 11 is 0. The number of H-pyrrole nitrogens is 1. The average molecular weight is 503 g/mol. The van der Waals surface area contributed by atoms with Gasteiger partial charge in [-0.2, -0.15) is 9.97 Å². The number of nitrogen functional groups attached to an aromatic ring is 1. The lowest BCUT2D eigenvalue weighted by atomic mass is 10.4. The summed E-state index contributed by atoms with van der Waals surface area (Å²) in [5.41, 5.74) is 3.95. The van der Waals surface area contributed by atoms with Gasteiger partial charge < -0.3 is 11.1 Å². The lowest BCUT2D eigenvalue weighted by molar-refractivity contribution is -0.114. The maximum atomic E-state index is 11.4. The van der Waals surface area contributed by atoms with E-state index in [1.165, 1.54) is 32.9 Å². The van der Waals surface area contributed by atoms with Gasteiger partial charge >= 0.3 is 17.1 Å². The summed E-state index contributed by atoms with van der Waals surface area (Å²) < 4.78 is 4.48. The van der Waals surface area contributed by atoms with E-state index in [1.807, 2.05) is 41.5 Å². The molecular weight excluding hydrogens is 468 g/mol. The second-order valence-electron chi connectivity index (χ2n) is 8.52. The molecule has 0 spiro atoms. The molecule has 0 unspecified atom stereocenters. The molecule has 3 aromatic rings. The minimum Gasteiger partial charge on any atom is -0.383 e. The Bertz CT molecular complexity index is 1380. The number of carbonyl (C=O) groups is 1. The first-order valence-electron chi connectivity index (χ1n) is 11.3. The van der Waals surface area contributed by atoms with Crippen molar-refractivity contribution in [3.8, 4) is 0 Å². The van der Waals surface area contributed by atoms with Crippen molar-refractivity contribution in [2.75, 3.05) is 11.1 Å². The number of nitrogens with two attached hydrogens (primary N) is 1. The minimum absolute atomic E-state index is 0.0707. The normalized spacial score (nSPS) is 10.4. The van der Waals surface area contributed by atoms with Crippen LogP contribution in [0.5, 0.6) is 0 Å².